The van der Waals surface area contributed by atoms with Gasteiger partial charge in [-0.05, 0) is 38.0 Å². The molecule has 0 bridgehead atoms. The third kappa shape index (κ3) is 8.29. The van der Waals surface area contributed by atoms with Crippen molar-refractivity contribution in [1.82, 2.24) is 15.1 Å². The van der Waals surface area contributed by atoms with Gasteiger partial charge >= 0.3 is 6.18 Å². The van der Waals surface area contributed by atoms with Crippen LogP contribution in [0, 0.1) is 0 Å². The number of halogens is 4. The molecule has 0 saturated carbocycles. The molecule has 0 spiro atoms. The van der Waals surface area contributed by atoms with E-state index in [1.54, 1.807) is 0 Å². The van der Waals surface area contributed by atoms with Crippen molar-refractivity contribution in [3.63, 3.8) is 0 Å². The van der Waals surface area contributed by atoms with E-state index < -0.39 is 12.2 Å². The number of amides is 1. The Kier molecular flexibility index (Phi) is 10.9. The zero-order chi connectivity index (χ0) is 21.4. The third-order valence-electron chi connectivity index (χ3n) is 4.91. The number of rotatable bonds is 6. The highest BCUT2D eigenvalue weighted by atomic mass is 127. The van der Waals surface area contributed by atoms with Crippen LogP contribution in [0.4, 0.5) is 18.9 Å². The lowest BCUT2D eigenvalue weighted by molar-refractivity contribution is -0.181. The second-order valence-corrected chi connectivity index (χ2v) is 7.10. The molecule has 1 aliphatic heterocycles. The van der Waals surface area contributed by atoms with Crippen LogP contribution in [0.3, 0.4) is 0 Å². The van der Waals surface area contributed by atoms with E-state index in [0.717, 1.165) is 23.6 Å². The van der Waals surface area contributed by atoms with E-state index in [2.05, 4.69) is 15.6 Å². The van der Waals surface area contributed by atoms with Crippen LogP contribution in [0.15, 0.2) is 29.3 Å². The minimum absolute atomic E-state index is 0. The topological polar surface area (TPSA) is 60.0 Å². The maximum absolute atomic E-state index is 12.9. The molecule has 1 aromatic rings. The molecule has 0 aliphatic carbocycles. The summed E-state index contributed by atoms with van der Waals surface area (Å²) in [4.78, 5) is 19.2. The van der Waals surface area contributed by atoms with E-state index in [-0.39, 0.29) is 29.9 Å². The number of alkyl halides is 3. The van der Waals surface area contributed by atoms with Gasteiger partial charge < -0.3 is 15.5 Å². The molecule has 1 aromatic carbocycles. The number of hydrogen-bond acceptors (Lipinski definition) is 3. The second kappa shape index (κ2) is 12.3. The minimum Gasteiger partial charge on any atom is -0.357 e. The van der Waals surface area contributed by atoms with Gasteiger partial charge in [-0.25, -0.2) is 0 Å². The lowest BCUT2D eigenvalue weighted by atomic mass is 10.1. The van der Waals surface area contributed by atoms with E-state index in [9.17, 15) is 18.0 Å². The van der Waals surface area contributed by atoms with Gasteiger partial charge in [0.25, 0.3) is 0 Å². The molecule has 2 rings (SSSR count). The summed E-state index contributed by atoms with van der Waals surface area (Å²) in [6.45, 7) is 7.66. The summed E-state index contributed by atoms with van der Waals surface area (Å²) in [6.07, 6.45) is -3.46. The molecule has 1 amide bonds. The number of guanidine groups is 1. The fraction of sp³-hybridized carbons (Fsp3) is 0.600. The molecule has 6 nitrogen and oxygen atoms in total. The van der Waals surface area contributed by atoms with Crippen LogP contribution >= 0.6 is 24.0 Å². The molecule has 1 fully saturated rings. The normalized spacial score (nSPS) is 16.6. The van der Waals surface area contributed by atoms with Crippen LogP contribution in [0.5, 0.6) is 0 Å². The number of nitrogens with zero attached hydrogens (tertiary/aromatic N) is 3. The van der Waals surface area contributed by atoms with Gasteiger partial charge in [0.2, 0.25) is 5.91 Å². The van der Waals surface area contributed by atoms with Gasteiger partial charge in [0.05, 0.1) is 0 Å². The first-order chi connectivity index (χ1) is 13.7. The molecular weight excluding hydrogens is 510 g/mol. The van der Waals surface area contributed by atoms with Crippen molar-refractivity contribution >= 4 is 41.5 Å². The van der Waals surface area contributed by atoms with Gasteiger partial charge in [-0.15, -0.1) is 24.0 Å². The Bertz CT molecular complexity index is 689. The number of aliphatic imine (C=N–C) groups is 1. The van der Waals surface area contributed by atoms with E-state index >= 15 is 0 Å². The van der Waals surface area contributed by atoms with Crippen LogP contribution in [0.2, 0.25) is 0 Å². The number of carbonyl (C=O) groups is 1. The van der Waals surface area contributed by atoms with Crippen molar-refractivity contribution < 1.29 is 18.0 Å². The first-order valence-electron chi connectivity index (χ1n) is 9.91. The summed E-state index contributed by atoms with van der Waals surface area (Å²) in [7, 11) is 0. The van der Waals surface area contributed by atoms with E-state index in [1.165, 1.54) is 18.7 Å². The molecule has 1 heterocycles. The summed E-state index contributed by atoms with van der Waals surface area (Å²) in [6, 6.07) is 6.18. The summed E-state index contributed by atoms with van der Waals surface area (Å²) in [5, 5.41) is 5.96. The SMILES string of the molecule is CCNC(=NCCc1ccc(NC(C)=O)cc1)N1CCN(C(C)C(F)(F)F)CC1.I. The van der Waals surface area contributed by atoms with Crippen molar-refractivity contribution in [1.29, 1.82) is 0 Å². The quantitative estimate of drug-likeness (QED) is 0.330. The summed E-state index contributed by atoms with van der Waals surface area (Å²) in [5.74, 6) is 0.629. The van der Waals surface area contributed by atoms with E-state index in [4.69, 9.17) is 0 Å². The molecule has 1 aliphatic rings. The fourth-order valence-corrected chi connectivity index (χ4v) is 3.20. The Hall–Kier alpha value is -1.56. The van der Waals surface area contributed by atoms with Crippen molar-refractivity contribution in [2.24, 2.45) is 4.99 Å². The predicted octanol–water partition coefficient (Wildman–Crippen LogP) is 3.34. The van der Waals surface area contributed by atoms with Gasteiger partial charge in [-0.3, -0.25) is 14.7 Å². The van der Waals surface area contributed by atoms with Crippen LogP contribution in [0.1, 0.15) is 26.3 Å². The molecule has 10 heteroatoms. The van der Waals surface area contributed by atoms with Gasteiger partial charge in [0.15, 0.2) is 5.96 Å². The Morgan fingerprint density at radius 2 is 1.77 bits per heavy atom. The number of anilines is 1. The van der Waals surface area contributed by atoms with Crippen molar-refractivity contribution in [3.8, 4) is 0 Å². The lowest BCUT2D eigenvalue weighted by Gasteiger charge is -2.39. The first kappa shape index (κ1) is 26.5. The number of hydrogen-bond donors (Lipinski definition) is 2. The number of benzene rings is 1. The van der Waals surface area contributed by atoms with Crippen LogP contribution in [-0.4, -0.2) is 73.2 Å². The third-order valence-corrected chi connectivity index (χ3v) is 4.91. The summed E-state index contributed by atoms with van der Waals surface area (Å²) in [5.41, 5.74) is 1.85. The zero-order valence-corrected chi connectivity index (χ0v) is 20.0. The average Bonchev–Trinajstić information content (AvgIpc) is 2.67. The molecule has 2 N–H and O–H groups in total. The van der Waals surface area contributed by atoms with Crippen LogP contribution in [0.25, 0.3) is 0 Å². The molecule has 1 atom stereocenters. The zero-order valence-electron chi connectivity index (χ0n) is 17.6. The molecule has 1 saturated heterocycles. The monoisotopic (exact) mass is 541 g/mol. The molecule has 0 radical (unpaired) electrons. The molecule has 1 unspecified atom stereocenters. The molecule has 0 aromatic heterocycles. The van der Waals surface area contributed by atoms with Gasteiger partial charge in [-0.1, -0.05) is 12.1 Å². The van der Waals surface area contributed by atoms with Gasteiger partial charge in [0.1, 0.15) is 6.04 Å². The average molecular weight is 541 g/mol. The van der Waals surface area contributed by atoms with Gasteiger partial charge in [-0.2, -0.15) is 13.2 Å². The highest BCUT2D eigenvalue weighted by Crippen LogP contribution is 2.25. The largest absolute Gasteiger partial charge is 0.403 e. The first-order valence-corrected chi connectivity index (χ1v) is 9.91. The Morgan fingerprint density at radius 1 is 1.17 bits per heavy atom. The number of nitrogens with one attached hydrogen (secondary N) is 2. The van der Waals surface area contributed by atoms with Crippen molar-refractivity contribution in [3.05, 3.63) is 29.8 Å². The highest BCUT2D eigenvalue weighted by molar-refractivity contribution is 14.0. The lowest BCUT2D eigenvalue weighted by Crippen LogP contribution is -2.56. The summed E-state index contributed by atoms with van der Waals surface area (Å²) >= 11 is 0. The number of piperazine rings is 1. The van der Waals surface area contributed by atoms with Crippen LogP contribution < -0.4 is 10.6 Å². The Balaban J connectivity index is 0.00000450. The predicted molar refractivity (Wildman–Crippen MR) is 125 cm³/mol. The standard InChI is InChI=1S/C20H30F3N5O.HI/c1-4-24-19(28-13-11-27(12-14-28)15(2)20(21,22)23)25-10-9-17-5-7-18(8-6-17)26-16(3)29;/h5-8,15H,4,9-14H2,1-3H3,(H,24,25)(H,26,29);1H. The maximum atomic E-state index is 12.9. The fourth-order valence-electron chi connectivity index (χ4n) is 3.20. The van der Waals surface area contributed by atoms with Gasteiger partial charge in [0, 0.05) is 51.9 Å². The van der Waals surface area contributed by atoms with Crippen molar-refractivity contribution in [2.75, 3.05) is 44.6 Å². The molecular formula is C20H31F3IN5O. The van der Waals surface area contributed by atoms with E-state index in [1.807, 2.05) is 36.1 Å². The number of carbonyl (C=O) groups excluding carboxylic acids is 1. The summed E-state index contributed by atoms with van der Waals surface area (Å²) < 4.78 is 38.7. The molecule has 30 heavy (non-hydrogen) atoms. The van der Waals surface area contributed by atoms with E-state index in [0.29, 0.717) is 39.3 Å². The maximum Gasteiger partial charge on any atom is 0.403 e. The molecule has 170 valence electrons. The van der Waals surface area contributed by atoms with Crippen LogP contribution in [-0.2, 0) is 11.2 Å². The second-order valence-electron chi connectivity index (χ2n) is 7.10. The Labute approximate surface area is 193 Å². The smallest absolute Gasteiger partial charge is 0.357 e. The minimum atomic E-state index is -4.20. The highest BCUT2D eigenvalue weighted by Gasteiger charge is 2.41. The van der Waals surface area contributed by atoms with Crippen molar-refractivity contribution in [2.45, 2.75) is 39.4 Å². The Morgan fingerprint density at radius 3 is 2.27 bits per heavy atom.